The molecule has 20 heavy (non-hydrogen) atoms. The maximum absolute atomic E-state index is 6.13. The Morgan fingerprint density at radius 2 is 1.70 bits per heavy atom. The van der Waals surface area contributed by atoms with Gasteiger partial charge in [-0.05, 0) is 69.1 Å². The highest BCUT2D eigenvalue weighted by Gasteiger charge is 2.09. The van der Waals surface area contributed by atoms with Gasteiger partial charge < -0.3 is 10.1 Å². The second-order valence-electron chi connectivity index (χ2n) is 5.34. The molecule has 0 aliphatic heterocycles. The molecule has 1 unspecified atom stereocenters. The molecule has 2 heteroatoms. The zero-order valence-corrected chi connectivity index (χ0v) is 12.9. The van der Waals surface area contributed by atoms with Crippen LogP contribution in [0.15, 0.2) is 36.4 Å². The minimum Gasteiger partial charge on any atom is -0.457 e. The van der Waals surface area contributed by atoms with Gasteiger partial charge in [-0.15, -0.1) is 0 Å². The van der Waals surface area contributed by atoms with Crippen molar-refractivity contribution in [3.63, 3.8) is 0 Å². The van der Waals surface area contributed by atoms with Crippen LogP contribution in [0, 0.1) is 20.8 Å². The molecule has 2 aromatic rings. The van der Waals surface area contributed by atoms with Crippen molar-refractivity contribution in [1.29, 1.82) is 0 Å². The fraction of sp³-hybridized carbons (Fsp3) is 0.333. The first-order chi connectivity index (χ1) is 9.52. The number of hydrogen-bond acceptors (Lipinski definition) is 2. The molecule has 0 aromatic heterocycles. The highest BCUT2D eigenvalue weighted by atomic mass is 16.5. The van der Waals surface area contributed by atoms with Crippen molar-refractivity contribution >= 4 is 0 Å². The summed E-state index contributed by atoms with van der Waals surface area (Å²) in [6.45, 7) is 8.45. The van der Waals surface area contributed by atoms with Crippen LogP contribution in [0.1, 0.15) is 35.2 Å². The first-order valence-corrected chi connectivity index (χ1v) is 7.04. The van der Waals surface area contributed by atoms with Crippen LogP contribution in [0.3, 0.4) is 0 Å². The van der Waals surface area contributed by atoms with E-state index < -0.39 is 0 Å². The molecular formula is C18H23NO. The Morgan fingerprint density at radius 3 is 2.40 bits per heavy atom. The third-order valence-electron chi connectivity index (χ3n) is 3.88. The molecule has 2 aromatic carbocycles. The summed E-state index contributed by atoms with van der Waals surface area (Å²) < 4.78 is 6.13. The zero-order chi connectivity index (χ0) is 14.7. The topological polar surface area (TPSA) is 21.3 Å². The van der Waals surface area contributed by atoms with Crippen LogP contribution >= 0.6 is 0 Å². The summed E-state index contributed by atoms with van der Waals surface area (Å²) in [5.41, 5.74) is 4.86. The number of aryl methyl sites for hydroxylation is 2. The molecule has 2 rings (SSSR count). The van der Waals surface area contributed by atoms with Gasteiger partial charge in [0, 0.05) is 6.04 Å². The lowest BCUT2D eigenvalue weighted by atomic mass is 10.1. The summed E-state index contributed by atoms with van der Waals surface area (Å²) in [6, 6.07) is 12.8. The summed E-state index contributed by atoms with van der Waals surface area (Å²) in [4.78, 5) is 0. The molecule has 0 saturated heterocycles. The van der Waals surface area contributed by atoms with Crippen molar-refractivity contribution in [2.75, 3.05) is 7.05 Å². The van der Waals surface area contributed by atoms with Gasteiger partial charge in [-0.3, -0.25) is 0 Å². The minimum atomic E-state index is 0.318. The molecule has 1 N–H and O–H groups in total. The Labute approximate surface area is 121 Å². The summed E-state index contributed by atoms with van der Waals surface area (Å²) in [6.07, 6.45) is 0. The second kappa shape index (κ2) is 6.10. The van der Waals surface area contributed by atoms with Crippen LogP contribution in [-0.4, -0.2) is 7.05 Å². The van der Waals surface area contributed by atoms with Gasteiger partial charge in [-0.1, -0.05) is 24.3 Å². The summed E-state index contributed by atoms with van der Waals surface area (Å²) in [5, 5.41) is 3.25. The van der Waals surface area contributed by atoms with Crippen molar-refractivity contribution < 1.29 is 4.74 Å². The Morgan fingerprint density at radius 1 is 1.00 bits per heavy atom. The van der Waals surface area contributed by atoms with Gasteiger partial charge in [0.15, 0.2) is 0 Å². The van der Waals surface area contributed by atoms with Gasteiger partial charge in [-0.25, -0.2) is 0 Å². The molecular weight excluding hydrogens is 246 g/mol. The molecule has 0 aliphatic rings. The van der Waals surface area contributed by atoms with Crippen LogP contribution in [0.25, 0.3) is 0 Å². The Kier molecular flexibility index (Phi) is 4.46. The Balaban J connectivity index is 2.33. The average Bonchev–Trinajstić information content (AvgIpc) is 2.47. The summed E-state index contributed by atoms with van der Waals surface area (Å²) in [7, 11) is 1.97. The van der Waals surface area contributed by atoms with E-state index in [0.717, 1.165) is 11.5 Å². The standard InChI is InChI=1S/C18H23NO/c1-12-9-10-13(2)18(14(12)3)20-17-8-6-7-16(11-17)15(4)19-5/h6-11,15,19H,1-5H3. The highest BCUT2D eigenvalue weighted by molar-refractivity contribution is 5.47. The fourth-order valence-electron chi connectivity index (χ4n) is 2.21. The van der Waals surface area contributed by atoms with E-state index in [2.05, 4.69) is 57.3 Å². The molecule has 1 atom stereocenters. The van der Waals surface area contributed by atoms with Gasteiger partial charge in [-0.2, -0.15) is 0 Å². The average molecular weight is 269 g/mol. The van der Waals surface area contributed by atoms with Crippen LogP contribution in [0.2, 0.25) is 0 Å². The molecule has 2 nitrogen and oxygen atoms in total. The number of nitrogens with one attached hydrogen (secondary N) is 1. The van der Waals surface area contributed by atoms with Crippen molar-refractivity contribution in [1.82, 2.24) is 5.32 Å². The zero-order valence-electron chi connectivity index (χ0n) is 12.9. The molecule has 0 aliphatic carbocycles. The third-order valence-corrected chi connectivity index (χ3v) is 3.88. The van der Waals surface area contributed by atoms with Crippen molar-refractivity contribution in [3.05, 3.63) is 58.7 Å². The molecule has 0 bridgehead atoms. The Bertz CT molecular complexity index is 604. The molecule has 0 fully saturated rings. The number of rotatable bonds is 4. The van der Waals surface area contributed by atoms with Gasteiger partial charge in [0.05, 0.1) is 0 Å². The van der Waals surface area contributed by atoms with Crippen molar-refractivity contribution in [2.45, 2.75) is 33.7 Å². The van der Waals surface area contributed by atoms with E-state index in [1.807, 2.05) is 19.2 Å². The fourth-order valence-corrected chi connectivity index (χ4v) is 2.21. The first kappa shape index (κ1) is 14.6. The first-order valence-electron chi connectivity index (χ1n) is 7.04. The minimum absolute atomic E-state index is 0.318. The van der Waals surface area contributed by atoms with Crippen LogP contribution < -0.4 is 10.1 Å². The quantitative estimate of drug-likeness (QED) is 0.869. The van der Waals surface area contributed by atoms with E-state index in [0.29, 0.717) is 6.04 Å². The predicted octanol–water partition coefficient (Wildman–Crippen LogP) is 4.68. The molecule has 0 heterocycles. The summed E-state index contributed by atoms with van der Waals surface area (Å²) >= 11 is 0. The van der Waals surface area contributed by atoms with Gasteiger partial charge in [0.2, 0.25) is 0 Å². The van der Waals surface area contributed by atoms with Gasteiger partial charge in [0.25, 0.3) is 0 Å². The maximum atomic E-state index is 6.13. The molecule has 106 valence electrons. The normalized spacial score (nSPS) is 12.2. The molecule has 0 radical (unpaired) electrons. The van der Waals surface area contributed by atoms with Crippen molar-refractivity contribution in [2.24, 2.45) is 0 Å². The molecule has 0 amide bonds. The van der Waals surface area contributed by atoms with E-state index in [-0.39, 0.29) is 0 Å². The lowest BCUT2D eigenvalue weighted by molar-refractivity contribution is 0.472. The largest absolute Gasteiger partial charge is 0.457 e. The van der Waals surface area contributed by atoms with Gasteiger partial charge >= 0.3 is 0 Å². The number of ether oxygens (including phenoxy) is 1. The van der Waals surface area contributed by atoms with E-state index >= 15 is 0 Å². The molecule has 0 saturated carbocycles. The van der Waals surface area contributed by atoms with Crippen LogP contribution in [0.4, 0.5) is 0 Å². The lowest BCUT2D eigenvalue weighted by Gasteiger charge is -2.16. The van der Waals surface area contributed by atoms with E-state index in [1.54, 1.807) is 0 Å². The summed E-state index contributed by atoms with van der Waals surface area (Å²) in [5.74, 6) is 1.86. The van der Waals surface area contributed by atoms with E-state index in [9.17, 15) is 0 Å². The second-order valence-corrected chi connectivity index (χ2v) is 5.34. The maximum Gasteiger partial charge on any atom is 0.133 e. The van der Waals surface area contributed by atoms with Gasteiger partial charge in [0.1, 0.15) is 11.5 Å². The van der Waals surface area contributed by atoms with Crippen molar-refractivity contribution in [3.8, 4) is 11.5 Å². The predicted molar refractivity (Wildman–Crippen MR) is 84.6 cm³/mol. The van der Waals surface area contributed by atoms with Crippen LogP contribution in [-0.2, 0) is 0 Å². The lowest BCUT2D eigenvalue weighted by Crippen LogP contribution is -2.12. The number of benzene rings is 2. The Hall–Kier alpha value is -1.80. The van der Waals surface area contributed by atoms with E-state index in [1.165, 1.54) is 22.3 Å². The number of hydrogen-bond donors (Lipinski definition) is 1. The van der Waals surface area contributed by atoms with E-state index in [4.69, 9.17) is 4.74 Å². The monoisotopic (exact) mass is 269 g/mol. The van der Waals surface area contributed by atoms with Crippen LogP contribution in [0.5, 0.6) is 11.5 Å². The molecule has 0 spiro atoms. The SMILES string of the molecule is CNC(C)c1cccc(Oc2c(C)ccc(C)c2C)c1. The smallest absolute Gasteiger partial charge is 0.133 e. The highest BCUT2D eigenvalue weighted by Crippen LogP contribution is 2.31. The third kappa shape index (κ3) is 3.02.